The van der Waals surface area contributed by atoms with E-state index in [9.17, 15) is 0 Å². The lowest BCUT2D eigenvalue weighted by molar-refractivity contribution is 0.0620. The second-order valence-electron chi connectivity index (χ2n) is 2.82. The fourth-order valence-corrected chi connectivity index (χ4v) is 0.999. The molecule has 0 saturated heterocycles. The van der Waals surface area contributed by atoms with E-state index in [0.29, 0.717) is 6.10 Å². The Bertz CT molecular complexity index is 76.0. The fraction of sp³-hybridized carbons (Fsp3) is 1.00. The van der Waals surface area contributed by atoms with Gasteiger partial charge in [-0.25, -0.2) is 0 Å². The highest BCUT2D eigenvalue weighted by Crippen LogP contribution is 1.99. The van der Waals surface area contributed by atoms with Gasteiger partial charge in [0.1, 0.15) is 0 Å². The predicted molar refractivity (Wildman–Crippen MR) is 48.9 cm³/mol. The third-order valence-electron chi connectivity index (χ3n) is 1.63. The molecule has 0 aromatic carbocycles. The van der Waals surface area contributed by atoms with Gasteiger partial charge in [-0.2, -0.15) is 0 Å². The Morgan fingerprint density at radius 3 is 2.64 bits per heavy atom. The van der Waals surface area contributed by atoms with Crippen LogP contribution in [0, 0.1) is 0 Å². The number of ether oxygens (including phenoxy) is 1. The van der Waals surface area contributed by atoms with E-state index in [-0.39, 0.29) is 0 Å². The lowest BCUT2D eigenvalue weighted by Gasteiger charge is -2.11. The summed E-state index contributed by atoms with van der Waals surface area (Å²) in [5.41, 5.74) is 0. The van der Waals surface area contributed by atoms with Crippen LogP contribution in [-0.4, -0.2) is 25.8 Å². The lowest BCUT2D eigenvalue weighted by atomic mass is 10.2. The van der Waals surface area contributed by atoms with Gasteiger partial charge in [0, 0.05) is 6.54 Å². The number of hydrogen-bond donors (Lipinski definition) is 1. The lowest BCUT2D eigenvalue weighted by Crippen LogP contribution is -2.21. The third-order valence-corrected chi connectivity index (χ3v) is 1.63. The third kappa shape index (κ3) is 7.82. The molecule has 1 N–H and O–H groups in total. The Hall–Kier alpha value is -0.0800. The zero-order chi connectivity index (χ0) is 8.53. The summed E-state index contributed by atoms with van der Waals surface area (Å²) in [6.07, 6.45) is 2.81. The van der Waals surface area contributed by atoms with Crippen molar-refractivity contribution in [2.45, 2.75) is 39.7 Å². The van der Waals surface area contributed by atoms with Crippen LogP contribution in [0.1, 0.15) is 33.6 Å². The van der Waals surface area contributed by atoms with Crippen LogP contribution >= 0.6 is 0 Å². The second kappa shape index (κ2) is 8.02. The van der Waals surface area contributed by atoms with Crippen molar-refractivity contribution < 1.29 is 4.74 Å². The summed E-state index contributed by atoms with van der Waals surface area (Å²) in [6.45, 7) is 9.28. The summed E-state index contributed by atoms with van der Waals surface area (Å²) in [6, 6.07) is 0. The number of rotatable bonds is 7. The van der Waals surface area contributed by atoms with Gasteiger partial charge in [-0.1, -0.05) is 20.3 Å². The summed E-state index contributed by atoms with van der Waals surface area (Å²) in [5.74, 6) is 0. The summed E-state index contributed by atoms with van der Waals surface area (Å²) >= 11 is 0. The largest absolute Gasteiger partial charge is 0.377 e. The first kappa shape index (κ1) is 10.9. The quantitative estimate of drug-likeness (QED) is 0.572. The average Bonchev–Trinajstić information content (AvgIpc) is 1.99. The minimum Gasteiger partial charge on any atom is -0.377 e. The first-order valence-corrected chi connectivity index (χ1v) is 4.63. The molecule has 0 radical (unpaired) electrons. The molecule has 1 unspecified atom stereocenters. The summed E-state index contributed by atoms with van der Waals surface area (Å²) in [4.78, 5) is 0. The van der Waals surface area contributed by atoms with Gasteiger partial charge in [0.25, 0.3) is 0 Å². The molecule has 2 nitrogen and oxygen atoms in total. The topological polar surface area (TPSA) is 21.3 Å². The smallest absolute Gasteiger partial charge is 0.0594 e. The SMILES string of the molecule is CCCC(C)OCCNCC. The van der Waals surface area contributed by atoms with Crippen molar-refractivity contribution in [3.05, 3.63) is 0 Å². The molecule has 0 bridgehead atoms. The van der Waals surface area contributed by atoms with Gasteiger partial charge in [0.05, 0.1) is 12.7 Å². The van der Waals surface area contributed by atoms with Crippen LogP contribution < -0.4 is 5.32 Å². The van der Waals surface area contributed by atoms with Crippen molar-refractivity contribution in [3.63, 3.8) is 0 Å². The van der Waals surface area contributed by atoms with E-state index in [1.807, 2.05) is 0 Å². The molecule has 0 heterocycles. The Labute approximate surface area is 70.3 Å². The maximum absolute atomic E-state index is 5.52. The maximum atomic E-state index is 5.52. The van der Waals surface area contributed by atoms with Crippen LogP contribution in [0.15, 0.2) is 0 Å². The molecule has 0 fully saturated rings. The van der Waals surface area contributed by atoms with Crippen LogP contribution in [0.25, 0.3) is 0 Å². The van der Waals surface area contributed by atoms with E-state index >= 15 is 0 Å². The van der Waals surface area contributed by atoms with Crippen LogP contribution in [0.5, 0.6) is 0 Å². The van der Waals surface area contributed by atoms with Gasteiger partial charge in [0.15, 0.2) is 0 Å². The van der Waals surface area contributed by atoms with Crippen molar-refractivity contribution in [3.8, 4) is 0 Å². The molecular formula is C9H21NO. The molecule has 0 aliphatic rings. The van der Waals surface area contributed by atoms with Gasteiger partial charge in [-0.05, 0) is 19.9 Å². The summed E-state index contributed by atoms with van der Waals surface area (Å²) in [7, 11) is 0. The van der Waals surface area contributed by atoms with Gasteiger partial charge < -0.3 is 10.1 Å². The Kier molecular flexibility index (Phi) is 7.96. The van der Waals surface area contributed by atoms with Crippen LogP contribution in [-0.2, 0) is 4.74 Å². The minimum absolute atomic E-state index is 0.429. The van der Waals surface area contributed by atoms with E-state index < -0.39 is 0 Å². The zero-order valence-corrected chi connectivity index (χ0v) is 8.02. The van der Waals surface area contributed by atoms with E-state index in [1.54, 1.807) is 0 Å². The highest BCUT2D eigenvalue weighted by atomic mass is 16.5. The molecule has 0 aliphatic heterocycles. The van der Waals surface area contributed by atoms with Crippen molar-refractivity contribution >= 4 is 0 Å². The van der Waals surface area contributed by atoms with E-state index in [0.717, 1.165) is 19.7 Å². The fourth-order valence-electron chi connectivity index (χ4n) is 0.999. The van der Waals surface area contributed by atoms with Gasteiger partial charge >= 0.3 is 0 Å². The summed E-state index contributed by atoms with van der Waals surface area (Å²) in [5, 5.41) is 3.22. The average molecular weight is 159 g/mol. The predicted octanol–water partition coefficient (Wildman–Crippen LogP) is 1.80. The number of likely N-dealkylation sites (N-methyl/N-ethyl adjacent to an activating group) is 1. The second-order valence-corrected chi connectivity index (χ2v) is 2.82. The molecule has 0 amide bonds. The molecule has 0 rings (SSSR count). The molecule has 0 aromatic heterocycles. The van der Waals surface area contributed by atoms with Crippen LogP contribution in [0.3, 0.4) is 0 Å². The zero-order valence-electron chi connectivity index (χ0n) is 8.02. The number of nitrogens with one attached hydrogen (secondary N) is 1. The standard InChI is InChI=1S/C9H21NO/c1-4-6-9(3)11-8-7-10-5-2/h9-10H,4-8H2,1-3H3. The molecule has 1 atom stereocenters. The first-order valence-electron chi connectivity index (χ1n) is 4.63. The summed E-state index contributed by atoms with van der Waals surface area (Å²) < 4.78 is 5.52. The van der Waals surface area contributed by atoms with E-state index in [2.05, 4.69) is 26.1 Å². The van der Waals surface area contributed by atoms with Gasteiger partial charge in [-0.15, -0.1) is 0 Å². The van der Waals surface area contributed by atoms with E-state index in [1.165, 1.54) is 12.8 Å². The monoisotopic (exact) mass is 159 g/mol. The van der Waals surface area contributed by atoms with Gasteiger partial charge in [0.2, 0.25) is 0 Å². The van der Waals surface area contributed by atoms with Crippen LogP contribution in [0.2, 0.25) is 0 Å². The van der Waals surface area contributed by atoms with E-state index in [4.69, 9.17) is 4.74 Å². The normalized spacial score (nSPS) is 13.4. The molecule has 0 aromatic rings. The maximum Gasteiger partial charge on any atom is 0.0594 e. The molecule has 0 saturated carbocycles. The molecule has 2 heteroatoms. The first-order chi connectivity index (χ1) is 5.31. The highest BCUT2D eigenvalue weighted by molar-refractivity contribution is 4.49. The van der Waals surface area contributed by atoms with Crippen LogP contribution in [0.4, 0.5) is 0 Å². The van der Waals surface area contributed by atoms with Gasteiger partial charge in [-0.3, -0.25) is 0 Å². The van der Waals surface area contributed by atoms with Crippen molar-refractivity contribution in [2.24, 2.45) is 0 Å². The minimum atomic E-state index is 0.429. The highest BCUT2D eigenvalue weighted by Gasteiger charge is 1.98. The molecule has 11 heavy (non-hydrogen) atoms. The molecule has 0 spiro atoms. The Morgan fingerprint density at radius 2 is 2.09 bits per heavy atom. The Balaban J connectivity index is 2.97. The van der Waals surface area contributed by atoms with Crippen molar-refractivity contribution in [2.75, 3.05) is 19.7 Å². The molecule has 68 valence electrons. The Morgan fingerprint density at radius 1 is 1.36 bits per heavy atom. The molecule has 0 aliphatic carbocycles. The molecular weight excluding hydrogens is 138 g/mol. The number of hydrogen-bond acceptors (Lipinski definition) is 2. The van der Waals surface area contributed by atoms with Crippen molar-refractivity contribution in [1.29, 1.82) is 0 Å². The van der Waals surface area contributed by atoms with Crippen molar-refractivity contribution in [1.82, 2.24) is 5.32 Å².